The summed E-state index contributed by atoms with van der Waals surface area (Å²) >= 11 is 0. The van der Waals surface area contributed by atoms with Gasteiger partial charge in [-0.05, 0) is 31.2 Å². The van der Waals surface area contributed by atoms with Gasteiger partial charge in [-0.15, -0.1) is 0 Å². The van der Waals surface area contributed by atoms with Gasteiger partial charge in [0.25, 0.3) is 0 Å². The monoisotopic (exact) mass is 337 g/mol. The Balaban J connectivity index is 1.45. The van der Waals surface area contributed by atoms with Crippen LogP contribution in [0.2, 0.25) is 0 Å². The van der Waals surface area contributed by atoms with Crippen molar-refractivity contribution in [2.24, 2.45) is 10.9 Å². The molecule has 0 amide bonds. The van der Waals surface area contributed by atoms with E-state index in [2.05, 4.69) is 43.4 Å². The van der Waals surface area contributed by atoms with Gasteiger partial charge >= 0.3 is 0 Å². The van der Waals surface area contributed by atoms with Crippen LogP contribution in [0.15, 0.2) is 41.8 Å². The van der Waals surface area contributed by atoms with Crippen LogP contribution in [0.1, 0.15) is 24.8 Å². The van der Waals surface area contributed by atoms with E-state index >= 15 is 0 Å². The molecule has 1 saturated heterocycles. The largest absolute Gasteiger partial charge is 0.381 e. The molecule has 0 atom stereocenters. The number of ether oxygens (including phenoxy) is 1. The maximum Gasteiger partial charge on any atom is 0.155 e. The average molecular weight is 337 g/mol. The molecule has 0 radical (unpaired) electrons. The van der Waals surface area contributed by atoms with Crippen molar-refractivity contribution in [3.63, 3.8) is 0 Å². The fraction of sp³-hybridized carbons (Fsp3) is 0.421. The van der Waals surface area contributed by atoms with E-state index in [1.807, 2.05) is 18.3 Å². The summed E-state index contributed by atoms with van der Waals surface area (Å²) < 4.78 is 5.45. The first-order valence-corrected chi connectivity index (χ1v) is 8.91. The van der Waals surface area contributed by atoms with Crippen LogP contribution in [0.4, 0.5) is 0 Å². The SMILES string of the molecule is C1=NC(c2cccc(-c3ncn[nH]3)c2)=CN(CCC2CCOCC2)C1. The van der Waals surface area contributed by atoms with Crippen molar-refractivity contribution >= 4 is 11.9 Å². The summed E-state index contributed by atoms with van der Waals surface area (Å²) in [4.78, 5) is 11.2. The highest BCUT2D eigenvalue weighted by Gasteiger charge is 2.16. The van der Waals surface area contributed by atoms with Crippen LogP contribution in [0.5, 0.6) is 0 Å². The zero-order chi connectivity index (χ0) is 16.9. The molecule has 0 aliphatic carbocycles. The Hall–Kier alpha value is -2.47. The maximum absolute atomic E-state index is 5.45. The highest BCUT2D eigenvalue weighted by Crippen LogP contribution is 2.24. The molecular weight excluding hydrogens is 314 g/mol. The third kappa shape index (κ3) is 3.96. The smallest absolute Gasteiger partial charge is 0.155 e. The van der Waals surface area contributed by atoms with Crippen LogP contribution in [-0.4, -0.2) is 52.6 Å². The van der Waals surface area contributed by atoms with Crippen molar-refractivity contribution in [2.75, 3.05) is 26.3 Å². The predicted molar refractivity (Wildman–Crippen MR) is 98.0 cm³/mol. The maximum atomic E-state index is 5.45. The molecule has 4 rings (SSSR count). The second-order valence-corrected chi connectivity index (χ2v) is 6.58. The number of rotatable bonds is 5. The summed E-state index contributed by atoms with van der Waals surface area (Å²) in [5.74, 6) is 1.57. The second kappa shape index (κ2) is 7.61. The van der Waals surface area contributed by atoms with Gasteiger partial charge in [0, 0.05) is 43.3 Å². The van der Waals surface area contributed by atoms with Gasteiger partial charge < -0.3 is 9.64 Å². The summed E-state index contributed by atoms with van der Waals surface area (Å²) in [5, 5.41) is 6.83. The van der Waals surface area contributed by atoms with E-state index in [4.69, 9.17) is 4.74 Å². The van der Waals surface area contributed by atoms with Gasteiger partial charge in [0.05, 0.1) is 12.2 Å². The van der Waals surface area contributed by atoms with Gasteiger partial charge in [0.1, 0.15) is 6.33 Å². The first-order chi connectivity index (χ1) is 12.4. The zero-order valence-corrected chi connectivity index (χ0v) is 14.3. The molecule has 1 aromatic carbocycles. The van der Waals surface area contributed by atoms with Crippen molar-refractivity contribution in [1.82, 2.24) is 20.1 Å². The Morgan fingerprint density at radius 3 is 2.92 bits per heavy atom. The van der Waals surface area contributed by atoms with Crippen molar-refractivity contribution in [2.45, 2.75) is 19.3 Å². The average Bonchev–Trinajstić information content (AvgIpc) is 3.22. The third-order valence-electron chi connectivity index (χ3n) is 4.86. The standard InChI is InChI=1S/C19H23N5O/c1-2-16(12-17(3-1)19-21-14-22-23-19)18-13-24(9-7-20-18)8-4-15-5-10-25-11-6-15/h1-3,7,12-15H,4-6,8-11H2,(H,21,22,23). The Bertz CT molecular complexity index is 747. The van der Waals surface area contributed by atoms with Crippen LogP contribution in [-0.2, 0) is 4.74 Å². The van der Waals surface area contributed by atoms with Crippen LogP contribution >= 0.6 is 0 Å². The van der Waals surface area contributed by atoms with Crippen LogP contribution < -0.4 is 0 Å². The molecule has 25 heavy (non-hydrogen) atoms. The minimum Gasteiger partial charge on any atom is -0.381 e. The van der Waals surface area contributed by atoms with Gasteiger partial charge in [-0.25, -0.2) is 4.98 Å². The van der Waals surface area contributed by atoms with E-state index < -0.39 is 0 Å². The van der Waals surface area contributed by atoms with E-state index in [1.54, 1.807) is 0 Å². The molecule has 6 nitrogen and oxygen atoms in total. The van der Waals surface area contributed by atoms with Crippen LogP contribution in [0.25, 0.3) is 17.1 Å². The number of aromatic amines is 1. The van der Waals surface area contributed by atoms with E-state index in [9.17, 15) is 0 Å². The Morgan fingerprint density at radius 1 is 1.20 bits per heavy atom. The van der Waals surface area contributed by atoms with Gasteiger partial charge in [0.15, 0.2) is 5.82 Å². The number of nitrogens with zero attached hydrogens (tertiary/aromatic N) is 4. The van der Waals surface area contributed by atoms with Crippen molar-refractivity contribution in [3.05, 3.63) is 42.4 Å². The summed E-state index contributed by atoms with van der Waals surface area (Å²) in [6, 6.07) is 8.25. The number of hydrogen-bond donors (Lipinski definition) is 1. The molecule has 6 heteroatoms. The number of H-pyrrole nitrogens is 1. The molecule has 1 aromatic heterocycles. The minimum absolute atomic E-state index is 0.776. The Kier molecular flexibility index (Phi) is 4.88. The number of benzene rings is 1. The highest BCUT2D eigenvalue weighted by atomic mass is 16.5. The first kappa shape index (κ1) is 16.0. The lowest BCUT2D eigenvalue weighted by Gasteiger charge is -2.27. The highest BCUT2D eigenvalue weighted by molar-refractivity contribution is 5.78. The van der Waals surface area contributed by atoms with Crippen LogP contribution in [0.3, 0.4) is 0 Å². The molecular formula is C19H23N5O. The van der Waals surface area contributed by atoms with Crippen molar-refractivity contribution in [3.8, 4) is 11.4 Å². The predicted octanol–water partition coefficient (Wildman–Crippen LogP) is 2.97. The number of hydrogen-bond acceptors (Lipinski definition) is 5. The summed E-state index contributed by atoms with van der Waals surface area (Å²) in [7, 11) is 0. The molecule has 0 saturated carbocycles. The minimum atomic E-state index is 0.776. The van der Waals surface area contributed by atoms with Gasteiger partial charge in [-0.3, -0.25) is 10.1 Å². The Labute approximate surface area is 147 Å². The summed E-state index contributed by atoms with van der Waals surface area (Å²) in [6.45, 7) is 3.79. The molecule has 2 aliphatic rings. The molecule has 1 fully saturated rings. The van der Waals surface area contributed by atoms with E-state index in [0.29, 0.717) is 0 Å². The Morgan fingerprint density at radius 2 is 2.08 bits per heavy atom. The molecule has 2 aromatic rings. The number of aliphatic imine (C=N–C) groups is 1. The van der Waals surface area contributed by atoms with E-state index in [-0.39, 0.29) is 0 Å². The molecule has 3 heterocycles. The van der Waals surface area contributed by atoms with Gasteiger partial charge in [-0.1, -0.05) is 18.2 Å². The molecule has 130 valence electrons. The molecule has 0 unspecified atom stereocenters. The lowest BCUT2D eigenvalue weighted by Crippen LogP contribution is -2.27. The first-order valence-electron chi connectivity index (χ1n) is 8.91. The molecule has 2 aliphatic heterocycles. The lowest BCUT2D eigenvalue weighted by atomic mass is 9.96. The molecule has 1 N–H and O–H groups in total. The number of aromatic nitrogens is 3. The molecule has 0 bridgehead atoms. The van der Waals surface area contributed by atoms with E-state index in [0.717, 1.165) is 54.9 Å². The summed E-state index contributed by atoms with van der Waals surface area (Å²) in [6.07, 6.45) is 9.31. The lowest BCUT2D eigenvalue weighted by molar-refractivity contribution is 0.0620. The zero-order valence-electron chi connectivity index (χ0n) is 14.3. The number of nitrogens with one attached hydrogen (secondary N) is 1. The van der Waals surface area contributed by atoms with E-state index in [1.165, 1.54) is 25.6 Å². The van der Waals surface area contributed by atoms with Gasteiger partial charge in [0.2, 0.25) is 0 Å². The fourth-order valence-electron chi connectivity index (χ4n) is 3.36. The quantitative estimate of drug-likeness (QED) is 0.911. The van der Waals surface area contributed by atoms with Crippen molar-refractivity contribution < 1.29 is 4.74 Å². The van der Waals surface area contributed by atoms with Crippen LogP contribution in [0, 0.1) is 5.92 Å². The normalized spacial score (nSPS) is 18.4. The molecule has 0 spiro atoms. The van der Waals surface area contributed by atoms with Gasteiger partial charge in [-0.2, -0.15) is 5.10 Å². The fourth-order valence-corrected chi connectivity index (χ4v) is 3.36. The third-order valence-corrected chi connectivity index (χ3v) is 4.86. The topological polar surface area (TPSA) is 66.4 Å². The van der Waals surface area contributed by atoms with Crippen molar-refractivity contribution in [1.29, 1.82) is 0 Å². The second-order valence-electron chi connectivity index (χ2n) is 6.58. The summed E-state index contributed by atoms with van der Waals surface area (Å²) in [5.41, 5.74) is 3.12.